The third-order valence-electron chi connectivity index (χ3n) is 3.68. The molecule has 0 saturated carbocycles. The van der Waals surface area contributed by atoms with Gasteiger partial charge in [-0.3, -0.25) is 4.79 Å². The van der Waals surface area contributed by atoms with E-state index in [1.807, 2.05) is 4.57 Å². The predicted octanol–water partition coefficient (Wildman–Crippen LogP) is 0.458. The van der Waals surface area contributed by atoms with Crippen LogP contribution in [0.5, 0.6) is 0 Å². The van der Waals surface area contributed by atoms with Crippen molar-refractivity contribution >= 4 is 16.0 Å². The van der Waals surface area contributed by atoms with Crippen LogP contribution < -0.4 is 4.72 Å². The molecule has 9 heteroatoms. The third-order valence-corrected chi connectivity index (χ3v) is 5.49. The zero-order valence-electron chi connectivity index (χ0n) is 12.1. The highest BCUT2D eigenvalue weighted by molar-refractivity contribution is 7.90. The number of aryl methyl sites for hydroxylation is 1. The highest BCUT2D eigenvalue weighted by atomic mass is 32.2. The van der Waals surface area contributed by atoms with E-state index in [4.69, 9.17) is 5.11 Å². The Bertz CT molecular complexity index is 625. The minimum Gasteiger partial charge on any atom is -0.480 e. The summed E-state index contributed by atoms with van der Waals surface area (Å²) < 4.78 is 28.2. The molecule has 0 saturated heterocycles. The number of aliphatic carboxylic acids is 1. The van der Waals surface area contributed by atoms with E-state index in [0.717, 1.165) is 45.0 Å². The van der Waals surface area contributed by atoms with Gasteiger partial charge in [0.05, 0.1) is 6.04 Å². The molecular formula is C12H20N4O4S. The van der Waals surface area contributed by atoms with E-state index < -0.39 is 27.3 Å². The molecule has 0 radical (unpaired) electrons. The summed E-state index contributed by atoms with van der Waals surface area (Å²) in [6, 6.07) is -0.615. The number of carboxylic acid groups (broad SMARTS) is 1. The zero-order valence-corrected chi connectivity index (χ0v) is 12.9. The summed E-state index contributed by atoms with van der Waals surface area (Å²) in [7, 11) is -3.95. The molecule has 0 bridgehead atoms. The first-order chi connectivity index (χ1) is 9.83. The molecule has 0 aromatic carbocycles. The van der Waals surface area contributed by atoms with Gasteiger partial charge < -0.3 is 9.67 Å². The number of fused-ring (bicyclic) bond motifs is 1. The van der Waals surface area contributed by atoms with Crippen LogP contribution >= 0.6 is 0 Å². The Balaban J connectivity index is 2.20. The van der Waals surface area contributed by atoms with Crippen LogP contribution in [-0.2, 0) is 27.8 Å². The first-order valence-corrected chi connectivity index (χ1v) is 8.53. The number of rotatable bonds is 5. The fraction of sp³-hybridized carbons (Fsp3) is 0.750. The Labute approximate surface area is 123 Å². The van der Waals surface area contributed by atoms with Gasteiger partial charge in [0.1, 0.15) is 5.82 Å². The first kappa shape index (κ1) is 15.9. The summed E-state index contributed by atoms with van der Waals surface area (Å²) in [6.07, 6.45) is 3.99. The number of hydrogen-bond acceptors (Lipinski definition) is 5. The molecule has 0 fully saturated rings. The number of carboxylic acids is 1. The highest BCUT2D eigenvalue weighted by Gasteiger charge is 2.31. The predicted molar refractivity (Wildman–Crippen MR) is 75.1 cm³/mol. The van der Waals surface area contributed by atoms with Crippen LogP contribution in [0.15, 0.2) is 0 Å². The van der Waals surface area contributed by atoms with Crippen molar-refractivity contribution in [2.24, 2.45) is 0 Å². The number of sulfonamides is 1. The minimum atomic E-state index is -3.95. The van der Waals surface area contributed by atoms with Gasteiger partial charge in [-0.25, -0.2) is 13.1 Å². The molecule has 118 valence electrons. The van der Waals surface area contributed by atoms with Crippen molar-refractivity contribution in [1.82, 2.24) is 19.5 Å². The second-order valence-electron chi connectivity index (χ2n) is 5.30. The van der Waals surface area contributed by atoms with Gasteiger partial charge in [-0.1, -0.05) is 6.42 Å². The molecule has 8 nitrogen and oxygen atoms in total. The summed E-state index contributed by atoms with van der Waals surface area (Å²) in [5.41, 5.74) is 0. The number of nitrogens with zero attached hydrogens (tertiary/aromatic N) is 3. The van der Waals surface area contributed by atoms with Gasteiger partial charge in [0.15, 0.2) is 11.1 Å². The Morgan fingerprint density at radius 2 is 2.00 bits per heavy atom. The van der Waals surface area contributed by atoms with Crippen LogP contribution in [-0.4, -0.2) is 39.5 Å². The lowest BCUT2D eigenvalue weighted by atomic mass is 10.2. The SMILES string of the molecule is CC(NS(=O)(=O)C(C)C(=O)O)c1nnc2n1CCCCC2. The van der Waals surface area contributed by atoms with E-state index in [0.29, 0.717) is 5.82 Å². The van der Waals surface area contributed by atoms with E-state index in [1.165, 1.54) is 0 Å². The Hall–Kier alpha value is -1.48. The molecule has 2 N–H and O–H groups in total. The lowest BCUT2D eigenvalue weighted by molar-refractivity contribution is -0.136. The van der Waals surface area contributed by atoms with Gasteiger partial charge in [-0.05, 0) is 26.7 Å². The van der Waals surface area contributed by atoms with Crippen LogP contribution in [0, 0.1) is 0 Å². The lowest BCUT2D eigenvalue weighted by Crippen LogP contribution is -2.39. The molecule has 2 heterocycles. The zero-order chi connectivity index (χ0) is 15.6. The molecule has 0 aliphatic carbocycles. The van der Waals surface area contributed by atoms with Gasteiger partial charge in [0, 0.05) is 13.0 Å². The molecule has 2 rings (SSSR count). The largest absolute Gasteiger partial charge is 0.480 e. The summed E-state index contributed by atoms with van der Waals surface area (Å²) in [5.74, 6) is 0.0164. The summed E-state index contributed by atoms with van der Waals surface area (Å²) in [6.45, 7) is 3.55. The molecule has 2 atom stereocenters. The molecule has 0 amide bonds. The topological polar surface area (TPSA) is 114 Å². The Morgan fingerprint density at radius 3 is 2.67 bits per heavy atom. The van der Waals surface area contributed by atoms with Crippen molar-refractivity contribution in [3.63, 3.8) is 0 Å². The van der Waals surface area contributed by atoms with Crippen molar-refractivity contribution in [3.8, 4) is 0 Å². The van der Waals surface area contributed by atoms with E-state index in [-0.39, 0.29) is 0 Å². The fourth-order valence-electron chi connectivity index (χ4n) is 2.36. The second kappa shape index (κ2) is 6.10. The average molecular weight is 316 g/mol. The standard InChI is InChI=1S/C12H20N4O4S/c1-8(15-21(19,20)9(2)12(17)18)11-14-13-10-6-4-3-5-7-16(10)11/h8-9,15H,3-7H2,1-2H3,(H,17,18). The smallest absolute Gasteiger partial charge is 0.323 e. The third kappa shape index (κ3) is 3.41. The van der Waals surface area contributed by atoms with Crippen molar-refractivity contribution in [1.29, 1.82) is 0 Å². The minimum absolute atomic E-state index is 0.535. The molecule has 21 heavy (non-hydrogen) atoms. The van der Waals surface area contributed by atoms with Crippen LogP contribution in [0.1, 0.15) is 50.8 Å². The van der Waals surface area contributed by atoms with E-state index in [9.17, 15) is 13.2 Å². The molecule has 2 unspecified atom stereocenters. The molecule has 1 aromatic rings. The quantitative estimate of drug-likeness (QED) is 0.815. The van der Waals surface area contributed by atoms with E-state index >= 15 is 0 Å². The van der Waals surface area contributed by atoms with Crippen LogP contribution in [0.2, 0.25) is 0 Å². The van der Waals surface area contributed by atoms with Gasteiger partial charge in [-0.2, -0.15) is 0 Å². The lowest BCUT2D eigenvalue weighted by Gasteiger charge is -2.17. The molecule has 1 aliphatic rings. The molecule has 1 aliphatic heterocycles. The molecular weight excluding hydrogens is 296 g/mol. The number of hydrogen-bond donors (Lipinski definition) is 2. The highest BCUT2D eigenvalue weighted by Crippen LogP contribution is 2.19. The Kier molecular flexibility index (Phi) is 4.62. The summed E-state index contributed by atoms with van der Waals surface area (Å²) in [4.78, 5) is 10.8. The van der Waals surface area contributed by atoms with Crippen molar-refractivity contribution in [2.45, 2.75) is 57.4 Å². The molecule has 0 spiro atoms. The first-order valence-electron chi connectivity index (χ1n) is 6.99. The van der Waals surface area contributed by atoms with Crippen molar-refractivity contribution in [3.05, 3.63) is 11.6 Å². The van der Waals surface area contributed by atoms with Crippen LogP contribution in [0.25, 0.3) is 0 Å². The van der Waals surface area contributed by atoms with Crippen molar-refractivity contribution in [2.75, 3.05) is 0 Å². The van der Waals surface area contributed by atoms with Crippen molar-refractivity contribution < 1.29 is 18.3 Å². The maximum Gasteiger partial charge on any atom is 0.323 e. The number of nitrogens with one attached hydrogen (secondary N) is 1. The number of carbonyl (C=O) groups is 1. The van der Waals surface area contributed by atoms with Gasteiger partial charge in [-0.15, -0.1) is 10.2 Å². The number of aromatic nitrogens is 3. The van der Waals surface area contributed by atoms with Gasteiger partial charge >= 0.3 is 5.97 Å². The second-order valence-corrected chi connectivity index (χ2v) is 7.33. The Morgan fingerprint density at radius 1 is 1.29 bits per heavy atom. The van der Waals surface area contributed by atoms with Gasteiger partial charge in [0.25, 0.3) is 0 Å². The molecule has 1 aromatic heterocycles. The fourth-order valence-corrected chi connectivity index (χ4v) is 3.43. The normalized spacial score (nSPS) is 18.6. The summed E-state index contributed by atoms with van der Waals surface area (Å²) in [5, 5.41) is 15.5. The maximum absolute atomic E-state index is 12.0. The summed E-state index contributed by atoms with van der Waals surface area (Å²) >= 11 is 0. The van der Waals surface area contributed by atoms with Crippen LogP contribution in [0.4, 0.5) is 0 Å². The average Bonchev–Trinajstić information content (AvgIpc) is 2.66. The van der Waals surface area contributed by atoms with Crippen LogP contribution in [0.3, 0.4) is 0 Å². The van der Waals surface area contributed by atoms with E-state index in [2.05, 4.69) is 14.9 Å². The monoisotopic (exact) mass is 316 g/mol. The van der Waals surface area contributed by atoms with Gasteiger partial charge in [0.2, 0.25) is 10.0 Å². The maximum atomic E-state index is 12.0. The van der Waals surface area contributed by atoms with E-state index in [1.54, 1.807) is 6.92 Å².